The third kappa shape index (κ3) is 45.4. The average Bonchev–Trinajstić information content (AvgIpc) is 3.24. The second kappa shape index (κ2) is 48.7. The predicted octanol–water partition coefficient (Wildman–Crippen LogP) is 15.3. The van der Waals surface area contributed by atoms with Crippen molar-refractivity contribution in [3.8, 4) is 0 Å². The van der Waals surface area contributed by atoms with Crippen molar-refractivity contribution in [2.24, 2.45) is 0 Å². The molecule has 0 aliphatic heterocycles. The lowest BCUT2D eigenvalue weighted by atomic mass is 10.1. The van der Waals surface area contributed by atoms with Gasteiger partial charge in [0.05, 0.1) is 25.4 Å². The lowest BCUT2D eigenvalue weighted by Crippen LogP contribution is -2.45. The van der Waals surface area contributed by atoms with Crippen molar-refractivity contribution in [2.75, 3.05) is 13.2 Å². The van der Waals surface area contributed by atoms with E-state index in [0.717, 1.165) is 51.4 Å². The fourth-order valence-corrected chi connectivity index (χ4v) is 7.62. The fraction of sp³-hybridized carbons (Fsp3) is 0.849. The number of aliphatic hydroxyl groups excluding tert-OH is 2. The van der Waals surface area contributed by atoms with Crippen LogP contribution in [0.15, 0.2) is 36.5 Å². The van der Waals surface area contributed by atoms with E-state index in [2.05, 4.69) is 43.5 Å². The molecule has 0 spiro atoms. The summed E-state index contributed by atoms with van der Waals surface area (Å²) in [5, 5.41) is 22.9. The summed E-state index contributed by atoms with van der Waals surface area (Å²) in [6.07, 6.45) is 58.6. The Hall–Kier alpha value is -1.92. The third-order valence-corrected chi connectivity index (χ3v) is 11.6. The van der Waals surface area contributed by atoms with Crippen LogP contribution in [0.5, 0.6) is 0 Å². The zero-order valence-electron chi connectivity index (χ0n) is 39.2. The summed E-state index contributed by atoms with van der Waals surface area (Å²) in [7, 11) is 0. The Morgan fingerprint density at radius 1 is 0.458 bits per heavy atom. The monoisotopic (exact) mass is 830 g/mol. The van der Waals surface area contributed by atoms with Crippen LogP contribution < -0.4 is 5.32 Å². The van der Waals surface area contributed by atoms with Crippen LogP contribution in [0.25, 0.3) is 0 Å². The summed E-state index contributed by atoms with van der Waals surface area (Å²) >= 11 is 0. The van der Waals surface area contributed by atoms with Gasteiger partial charge in [0.25, 0.3) is 0 Å². The van der Waals surface area contributed by atoms with Gasteiger partial charge >= 0.3 is 5.97 Å². The number of aliphatic hydroxyl groups is 2. The number of amides is 1. The molecule has 0 aromatic rings. The molecular formula is C53H99NO5. The van der Waals surface area contributed by atoms with Crippen LogP contribution in [0, 0.1) is 0 Å². The molecule has 0 saturated heterocycles. The maximum Gasteiger partial charge on any atom is 0.305 e. The Bertz CT molecular complexity index is 962. The second-order valence-corrected chi connectivity index (χ2v) is 17.5. The molecule has 0 saturated carbocycles. The van der Waals surface area contributed by atoms with Gasteiger partial charge in [-0.1, -0.05) is 204 Å². The number of carbonyl (C=O) groups excluding carboxylic acids is 2. The smallest absolute Gasteiger partial charge is 0.305 e. The van der Waals surface area contributed by atoms with Gasteiger partial charge in [-0.25, -0.2) is 0 Å². The number of hydrogen-bond acceptors (Lipinski definition) is 5. The zero-order chi connectivity index (χ0) is 43.0. The largest absolute Gasteiger partial charge is 0.466 e. The zero-order valence-corrected chi connectivity index (χ0v) is 39.2. The van der Waals surface area contributed by atoms with Gasteiger partial charge in [0, 0.05) is 12.8 Å². The van der Waals surface area contributed by atoms with Crippen molar-refractivity contribution in [3.05, 3.63) is 36.5 Å². The molecule has 0 radical (unpaired) electrons. The van der Waals surface area contributed by atoms with Crippen LogP contribution in [0.4, 0.5) is 0 Å². The maximum atomic E-state index is 12.4. The van der Waals surface area contributed by atoms with E-state index in [-0.39, 0.29) is 18.5 Å². The summed E-state index contributed by atoms with van der Waals surface area (Å²) < 4.78 is 5.45. The van der Waals surface area contributed by atoms with Gasteiger partial charge in [-0.2, -0.15) is 0 Å². The lowest BCUT2D eigenvalue weighted by molar-refractivity contribution is -0.143. The molecule has 346 valence electrons. The number of rotatable bonds is 47. The van der Waals surface area contributed by atoms with Crippen molar-refractivity contribution in [1.82, 2.24) is 5.32 Å². The Morgan fingerprint density at radius 3 is 1.22 bits per heavy atom. The first-order chi connectivity index (χ1) is 29.0. The van der Waals surface area contributed by atoms with Crippen molar-refractivity contribution in [3.63, 3.8) is 0 Å². The molecular weight excluding hydrogens is 731 g/mol. The molecule has 0 rings (SSSR count). The molecule has 3 N–H and O–H groups in total. The molecule has 0 aliphatic carbocycles. The minimum Gasteiger partial charge on any atom is -0.466 e. The van der Waals surface area contributed by atoms with E-state index < -0.39 is 12.1 Å². The molecule has 0 aromatic heterocycles. The molecule has 0 heterocycles. The van der Waals surface area contributed by atoms with Gasteiger partial charge in [-0.05, 0) is 83.5 Å². The van der Waals surface area contributed by atoms with E-state index in [1.165, 1.54) is 186 Å². The first-order valence-electron chi connectivity index (χ1n) is 25.8. The molecule has 1 amide bonds. The van der Waals surface area contributed by atoms with Crippen molar-refractivity contribution >= 4 is 11.9 Å². The van der Waals surface area contributed by atoms with Gasteiger partial charge in [0.2, 0.25) is 5.91 Å². The topological polar surface area (TPSA) is 95.9 Å². The van der Waals surface area contributed by atoms with Crippen molar-refractivity contribution in [1.29, 1.82) is 0 Å². The molecule has 2 atom stereocenters. The molecule has 0 aliphatic rings. The van der Waals surface area contributed by atoms with E-state index >= 15 is 0 Å². The van der Waals surface area contributed by atoms with E-state index in [1.54, 1.807) is 6.08 Å². The lowest BCUT2D eigenvalue weighted by Gasteiger charge is -2.20. The highest BCUT2D eigenvalue weighted by molar-refractivity contribution is 5.76. The molecule has 0 fully saturated rings. The maximum absolute atomic E-state index is 12.4. The van der Waals surface area contributed by atoms with Crippen LogP contribution in [0.2, 0.25) is 0 Å². The number of hydrogen-bond donors (Lipinski definition) is 3. The molecule has 6 nitrogen and oxygen atoms in total. The standard InChI is InChI=1S/C53H99NO5/c1-3-5-7-9-11-13-15-23-27-31-35-39-43-47-53(58)59-48-44-40-36-32-28-25-22-20-18-16-17-19-21-24-26-30-34-38-42-46-52(57)54-50(49-55)51(56)45-41-37-33-29-14-12-10-8-6-4-2/h13,15-17,41,45,50-51,55-56H,3-12,14,18-40,42-44,46-49H2,1-2H3,(H,54,57)/b15-13-,17-16-,45-41+. The highest BCUT2D eigenvalue weighted by atomic mass is 16.5. The van der Waals surface area contributed by atoms with E-state index in [0.29, 0.717) is 19.4 Å². The molecule has 0 aromatic carbocycles. The van der Waals surface area contributed by atoms with Crippen LogP contribution in [0.1, 0.15) is 264 Å². The van der Waals surface area contributed by atoms with Crippen LogP contribution in [-0.2, 0) is 14.3 Å². The van der Waals surface area contributed by atoms with Crippen molar-refractivity contribution in [2.45, 2.75) is 276 Å². The minimum atomic E-state index is -0.849. The summed E-state index contributed by atoms with van der Waals surface area (Å²) in [6.45, 7) is 4.84. The average molecular weight is 830 g/mol. The summed E-state index contributed by atoms with van der Waals surface area (Å²) in [5.74, 6) is -0.0876. The summed E-state index contributed by atoms with van der Waals surface area (Å²) in [5.41, 5.74) is 0. The number of esters is 1. The van der Waals surface area contributed by atoms with Gasteiger partial charge < -0.3 is 20.3 Å². The third-order valence-electron chi connectivity index (χ3n) is 11.6. The highest BCUT2D eigenvalue weighted by Gasteiger charge is 2.18. The Labute approximate surface area is 366 Å². The summed E-state index contributed by atoms with van der Waals surface area (Å²) in [4.78, 5) is 24.4. The summed E-state index contributed by atoms with van der Waals surface area (Å²) in [6, 6.07) is -0.633. The number of carbonyl (C=O) groups is 2. The van der Waals surface area contributed by atoms with Gasteiger partial charge in [-0.15, -0.1) is 0 Å². The van der Waals surface area contributed by atoms with Crippen LogP contribution in [0.3, 0.4) is 0 Å². The number of ether oxygens (including phenoxy) is 1. The highest BCUT2D eigenvalue weighted by Crippen LogP contribution is 2.14. The Kier molecular flexibility index (Phi) is 47.2. The first kappa shape index (κ1) is 57.1. The number of unbranched alkanes of at least 4 members (excludes halogenated alkanes) is 32. The van der Waals surface area contributed by atoms with Crippen LogP contribution in [-0.4, -0.2) is 47.4 Å². The fourth-order valence-electron chi connectivity index (χ4n) is 7.62. The Balaban J connectivity index is 3.46. The molecule has 2 unspecified atom stereocenters. The quantitative estimate of drug-likeness (QED) is 0.0323. The minimum absolute atomic E-state index is 0.00698. The molecule has 6 heteroatoms. The van der Waals surface area contributed by atoms with Gasteiger partial charge in [0.15, 0.2) is 0 Å². The van der Waals surface area contributed by atoms with Gasteiger partial charge in [-0.3, -0.25) is 9.59 Å². The van der Waals surface area contributed by atoms with Crippen LogP contribution >= 0.6 is 0 Å². The second-order valence-electron chi connectivity index (χ2n) is 17.5. The number of nitrogens with one attached hydrogen (secondary N) is 1. The SMILES string of the molecule is CCCCCC/C=C\CCCCCCCC(=O)OCCCCCCCCCC/C=C\CCCCCCCCCC(=O)NC(CO)C(O)/C=C/CCCCCCCCCC. The van der Waals surface area contributed by atoms with Crippen molar-refractivity contribution < 1.29 is 24.5 Å². The van der Waals surface area contributed by atoms with E-state index in [1.807, 2.05) is 6.08 Å². The van der Waals surface area contributed by atoms with Gasteiger partial charge in [0.1, 0.15) is 0 Å². The number of allylic oxidation sites excluding steroid dienone is 5. The molecule has 59 heavy (non-hydrogen) atoms. The van der Waals surface area contributed by atoms with E-state index in [9.17, 15) is 19.8 Å². The predicted molar refractivity (Wildman–Crippen MR) is 255 cm³/mol. The van der Waals surface area contributed by atoms with E-state index in [4.69, 9.17) is 4.74 Å². The molecule has 0 bridgehead atoms. The Morgan fingerprint density at radius 2 is 0.797 bits per heavy atom. The first-order valence-corrected chi connectivity index (χ1v) is 25.8. The normalized spacial score (nSPS) is 12.9.